The molecule has 1 aromatic carbocycles. The van der Waals surface area contributed by atoms with Crippen LogP contribution in [0.1, 0.15) is 6.93 Å². The maximum absolute atomic E-state index is 11.9. The summed E-state index contributed by atoms with van der Waals surface area (Å²) in [5.41, 5.74) is -0.714. The quantitative estimate of drug-likeness (QED) is 0.529. The predicted octanol–water partition coefficient (Wildman–Crippen LogP) is 2.71. The first-order valence-electron chi connectivity index (χ1n) is 3.14. The van der Waals surface area contributed by atoms with E-state index in [1.165, 1.54) is 0 Å². The molecule has 10 heavy (non-hydrogen) atoms. The summed E-state index contributed by atoms with van der Waals surface area (Å²) in [6, 6.07) is 4.09. The molecule has 0 saturated heterocycles. The van der Waals surface area contributed by atoms with Gasteiger partial charge in [-0.1, -0.05) is 30.3 Å². The highest BCUT2D eigenvalue weighted by Gasteiger charge is 2.29. The van der Waals surface area contributed by atoms with Gasteiger partial charge >= 0.3 is 6.18 Å². The zero-order valence-corrected chi connectivity index (χ0v) is 4.94. The van der Waals surface area contributed by atoms with E-state index in [9.17, 15) is 13.2 Å². The zero-order valence-electron chi connectivity index (χ0n) is 5.94. The molecule has 0 spiro atoms. The maximum atomic E-state index is 11.9. The van der Waals surface area contributed by atoms with E-state index in [-0.39, 0.29) is 6.04 Å². The summed E-state index contributed by atoms with van der Waals surface area (Å²) >= 11 is 0. The third-order valence-corrected chi connectivity index (χ3v) is 1.05. The van der Waals surface area contributed by atoms with Gasteiger partial charge in [0.05, 0.1) is 6.93 Å². The lowest BCUT2D eigenvalue weighted by Crippen LogP contribution is -2.03. The third-order valence-electron chi connectivity index (χ3n) is 1.05. The van der Waals surface area contributed by atoms with Crippen LogP contribution in [0.4, 0.5) is 13.2 Å². The lowest BCUT2D eigenvalue weighted by atomic mass is 10.2. The number of rotatable bonds is 0. The first-order chi connectivity index (χ1) is 5.00. The fourth-order valence-electron chi connectivity index (χ4n) is 0.576. The zero-order chi connectivity index (χ0) is 8.48. The van der Waals surface area contributed by atoms with Gasteiger partial charge in [0, 0.05) is 0 Å². The molecule has 0 unspecified atom stereocenters. The molecule has 0 nitrogen and oxygen atoms in total. The second kappa shape index (κ2) is 2.33. The van der Waals surface area contributed by atoms with Gasteiger partial charge in [-0.15, -0.1) is 0 Å². The Bertz CT molecular complexity index is 237. The molecule has 0 amide bonds. The van der Waals surface area contributed by atoms with E-state index in [1.54, 1.807) is 0 Å². The Morgan fingerprint density at radius 1 is 1.20 bits per heavy atom. The van der Waals surface area contributed by atoms with Crippen molar-refractivity contribution in [1.29, 1.82) is 0 Å². The Hall–Kier alpha value is -0.990. The van der Waals surface area contributed by atoms with E-state index in [0.29, 0.717) is 0 Å². The Balaban J connectivity index is 2.99. The molecule has 0 radical (unpaired) electrons. The summed E-state index contributed by atoms with van der Waals surface area (Å²) in [7, 11) is 0. The van der Waals surface area contributed by atoms with Gasteiger partial charge in [0.1, 0.15) is 0 Å². The molecular formula is C7H5F3. The van der Waals surface area contributed by atoms with Crippen molar-refractivity contribution in [3.05, 3.63) is 35.9 Å². The van der Waals surface area contributed by atoms with Crippen LogP contribution in [0.3, 0.4) is 0 Å². The van der Waals surface area contributed by atoms with Crippen molar-refractivity contribution < 1.29 is 14.5 Å². The van der Waals surface area contributed by atoms with Crippen LogP contribution in [-0.4, -0.2) is 0 Å². The van der Waals surface area contributed by atoms with Gasteiger partial charge in [0.15, 0.2) is 0 Å². The molecule has 0 heterocycles. The number of halogens is 3. The van der Waals surface area contributed by atoms with Crippen molar-refractivity contribution >= 4 is 0 Å². The summed E-state index contributed by atoms with van der Waals surface area (Å²) in [5.74, 6) is 0. The number of hydrogen-bond acceptors (Lipinski definition) is 0. The summed E-state index contributed by atoms with van der Waals surface area (Å²) in [6.45, 7) is 0. The predicted molar refractivity (Wildman–Crippen MR) is 31.4 cm³/mol. The van der Waals surface area contributed by atoms with Crippen LogP contribution in [-0.2, 0) is 6.18 Å². The molecule has 0 saturated carbocycles. The van der Waals surface area contributed by atoms with Gasteiger partial charge in [0.25, 0.3) is 0 Å². The highest BCUT2D eigenvalue weighted by Crippen LogP contribution is 2.28. The standard InChI is InChI=1S/C7H5F3/c8-7(9,10)6-4-2-1-3-5-6/h1-5H/i1D. The minimum atomic E-state index is -4.30. The first-order valence-corrected chi connectivity index (χ1v) is 2.64. The smallest absolute Gasteiger partial charge is 0.166 e. The van der Waals surface area contributed by atoms with E-state index >= 15 is 0 Å². The second-order valence-corrected chi connectivity index (χ2v) is 1.79. The van der Waals surface area contributed by atoms with Crippen molar-refractivity contribution in [3.63, 3.8) is 0 Å². The van der Waals surface area contributed by atoms with Crippen molar-refractivity contribution in [1.82, 2.24) is 0 Å². The van der Waals surface area contributed by atoms with Crippen LogP contribution >= 0.6 is 0 Å². The molecule has 0 atom stereocenters. The number of alkyl halides is 3. The molecular weight excluding hydrogens is 141 g/mol. The second-order valence-electron chi connectivity index (χ2n) is 1.79. The van der Waals surface area contributed by atoms with Gasteiger partial charge in [0.2, 0.25) is 0 Å². The van der Waals surface area contributed by atoms with E-state index in [0.717, 1.165) is 24.3 Å². The summed E-state index contributed by atoms with van der Waals surface area (Å²) < 4.78 is 42.5. The number of hydrogen-bond donors (Lipinski definition) is 0. The van der Waals surface area contributed by atoms with E-state index in [2.05, 4.69) is 0 Å². The van der Waals surface area contributed by atoms with E-state index in [1.807, 2.05) is 0 Å². The average molecular weight is 147 g/mol. The molecule has 0 bridgehead atoms. The molecule has 3 heteroatoms. The molecule has 54 valence electrons. The van der Waals surface area contributed by atoms with Crippen molar-refractivity contribution in [2.24, 2.45) is 0 Å². The molecule has 1 rings (SSSR count). The molecule has 1 aromatic rings. The Morgan fingerprint density at radius 2 is 1.70 bits per heavy atom. The first kappa shape index (κ1) is 5.77. The van der Waals surface area contributed by atoms with Gasteiger partial charge in [-0.25, -0.2) is 0 Å². The molecule has 0 aliphatic rings. The Morgan fingerprint density at radius 3 is 2.10 bits per heavy atom. The lowest BCUT2D eigenvalue weighted by molar-refractivity contribution is -0.137. The van der Waals surface area contributed by atoms with Crippen LogP contribution in [0.25, 0.3) is 0 Å². The largest absolute Gasteiger partial charge is 0.416 e. The number of benzene rings is 1. The van der Waals surface area contributed by atoms with Crippen molar-refractivity contribution in [2.45, 2.75) is 6.18 Å². The molecule has 0 N–H and O–H groups in total. The van der Waals surface area contributed by atoms with Crippen LogP contribution in [0.15, 0.2) is 30.3 Å². The Labute approximate surface area is 57.7 Å². The highest BCUT2D eigenvalue weighted by molar-refractivity contribution is 5.17. The summed E-state index contributed by atoms with van der Waals surface area (Å²) in [6.07, 6.45) is -4.30. The molecule has 0 aromatic heterocycles. The third kappa shape index (κ3) is 1.50. The molecule has 0 fully saturated rings. The minimum absolute atomic E-state index is 0.0815. The van der Waals surface area contributed by atoms with Gasteiger partial charge in [-0.2, -0.15) is 13.2 Å². The Kier molecular flexibility index (Phi) is 1.34. The van der Waals surface area contributed by atoms with E-state index < -0.39 is 11.7 Å². The molecule has 0 aliphatic heterocycles. The summed E-state index contributed by atoms with van der Waals surface area (Å²) in [5, 5.41) is 0. The topological polar surface area (TPSA) is 0 Å². The van der Waals surface area contributed by atoms with Gasteiger partial charge in [-0.3, -0.25) is 0 Å². The normalized spacial score (nSPS) is 12.9. The van der Waals surface area contributed by atoms with Crippen molar-refractivity contribution in [3.8, 4) is 0 Å². The van der Waals surface area contributed by atoms with Crippen LogP contribution in [0.5, 0.6) is 0 Å². The van der Waals surface area contributed by atoms with Gasteiger partial charge < -0.3 is 0 Å². The van der Waals surface area contributed by atoms with Crippen LogP contribution in [0, 0.1) is 0 Å². The monoisotopic (exact) mass is 147 g/mol. The fraction of sp³-hybridized carbons (Fsp3) is 0.143. The average Bonchev–Trinajstić information content (AvgIpc) is 1.86. The van der Waals surface area contributed by atoms with Crippen LogP contribution in [0.2, 0.25) is 0 Å². The fourth-order valence-corrected chi connectivity index (χ4v) is 0.576. The molecule has 0 aliphatic carbocycles. The van der Waals surface area contributed by atoms with Crippen LogP contribution < -0.4 is 0 Å². The maximum Gasteiger partial charge on any atom is 0.416 e. The van der Waals surface area contributed by atoms with Gasteiger partial charge in [-0.05, 0) is 0 Å². The highest BCUT2D eigenvalue weighted by atomic mass is 19.4. The summed E-state index contributed by atoms with van der Waals surface area (Å²) in [4.78, 5) is 0. The minimum Gasteiger partial charge on any atom is -0.166 e. The van der Waals surface area contributed by atoms with E-state index in [4.69, 9.17) is 1.37 Å². The van der Waals surface area contributed by atoms with Crippen molar-refractivity contribution in [2.75, 3.05) is 0 Å². The SMILES string of the molecule is [2H]c1ccc(C(F)(F)F)cc1. The lowest BCUT2D eigenvalue weighted by Gasteiger charge is -2.03.